The summed E-state index contributed by atoms with van der Waals surface area (Å²) in [6.45, 7) is 1.16. The second-order valence-corrected chi connectivity index (χ2v) is 9.18. The van der Waals surface area contributed by atoms with Crippen molar-refractivity contribution in [2.75, 3.05) is 18.5 Å². The van der Waals surface area contributed by atoms with Crippen molar-refractivity contribution in [2.24, 2.45) is 0 Å². The summed E-state index contributed by atoms with van der Waals surface area (Å²) in [5.74, 6) is -0.445. The van der Waals surface area contributed by atoms with E-state index in [1.54, 1.807) is 29.2 Å². The first kappa shape index (κ1) is 24.8. The molecule has 37 heavy (non-hydrogen) atoms. The van der Waals surface area contributed by atoms with Crippen LogP contribution in [0.15, 0.2) is 72.8 Å². The molecule has 3 aromatic carbocycles. The molecule has 0 radical (unpaired) electrons. The number of amides is 2. The zero-order valence-electron chi connectivity index (χ0n) is 19.9. The Kier molecular flexibility index (Phi) is 6.88. The number of alkyl halides is 3. The van der Waals surface area contributed by atoms with Crippen molar-refractivity contribution >= 4 is 17.5 Å². The first-order chi connectivity index (χ1) is 17.8. The fourth-order valence-electron chi connectivity index (χ4n) is 4.74. The predicted molar refractivity (Wildman–Crippen MR) is 132 cm³/mol. The number of rotatable bonds is 7. The van der Waals surface area contributed by atoms with Gasteiger partial charge in [0.1, 0.15) is 6.17 Å². The molecular formula is C28H26F3N3O3. The minimum absolute atomic E-state index is 0.00506. The number of carbonyl (C=O) groups excluding carboxylic acids is 2. The summed E-state index contributed by atoms with van der Waals surface area (Å²) in [5.41, 5.74) is 2.24. The van der Waals surface area contributed by atoms with Gasteiger partial charge in [-0.3, -0.25) is 9.59 Å². The monoisotopic (exact) mass is 509 g/mol. The Hall–Kier alpha value is -3.85. The number of hydrogen-bond acceptors (Lipinski definition) is 4. The quantitative estimate of drug-likeness (QED) is 0.449. The van der Waals surface area contributed by atoms with Crippen LogP contribution in [0.5, 0.6) is 0 Å². The highest BCUT2D eigenvalue weighted by atomic mass is 19.4. The fourth-order valence-corrected chi connectivity index (χ4v) is 4.74. The van der Waals surface area contributed by atoms with Gasteiger partial charge in [0.25, 0.3) is 11.8 Å². The summed E-state index contributed by atoms with van der Waals surface area (Å²) in [7, 11) is 0. The Labute approximate surface area is 212 Å². The van der Waals surface area contributed by atoms with E-state index in [1.165, 1.54) is 12.1 Å². The third-order valence-corrected chi connectivity index (χ3v) is 6.64. The molecule has 6 nitrogen and oxygen atoms in total. The maximum atomic E-state index is 13.1. The van der Waals surface area contributed by atoms with E-state index in [0.717, 1.165) is 36.2 Å². The molecule has 2 amide bonds. The van der Waals surface area contributed by atoms with Gasteiger partial charge >= 0.3 is 6.18 Å². The van der Waals surface area contributed by atoms with Crippen molar-refractivity contribution in [3.8, 4) is 0 Å². The highest BCUT2D eigenvalue weighted by Crippen LogP contribution is 2.35. The Morgan fingerprint density at radius 3 is 2.54 bits per heavy atom. The summed E-state index contributed by atoms with van der Waals surface area (Å²) in [5, 5.41) is 6.07. The first-order valence-electron chi connectivity index (χ1n) is 12.1. The molecule has 2 aliphatic rings. The third-order valence-electron chi connectivity index (χ3n) is 6.64. The average Bonchev–Trinajstić information content (AvgIpc) is 3.50. The van der Waals surface area contributed by atoms with Crippen molar-refractivity contribution in [3.05, 3.63) is 101 Å². The first-order valence-corrected chi connectivity index (χ1v) is 12.1. The lowest BCUT2D eigenvalue weighted by Gasteiger charge is -2.29. The summed E-state index contributed by atoms with van der Waals surface area (Å²) < 4.78 is 44.5. The highest BCUT2D eigenvalue weighted by Gasteiger charge is 2.38. The molecule has 1 fully saturated rings. The number of ether oxygens (including phenoxy) is 1. The highest BCUT2D eigenvalue weighted by molar-refractivity contribution is 5.99. The number of benzene rings is 3. The summed E-state index contributed by atoms with van der Waals surface area (Å²) in [6, 6.07) is 19.1. The second-order valence-electron chi connectivity index (χ2n) is 9.18. The van der Waals surface area contributed by atoms with E-state index < -0.39 is 17.6 Å². The summed E-state index contributed by atoms with van der Waals surface area (Å²) in [6.07, 6.45) is -2.90. The molecule has 0 aliphatic carbocycles. The van der Waals surface area contributed by atoms with Crippen LogP contribution in [0.1, 0.15) is 56.4 Å². The second kappa shape index (κ2) is 10.3. The van der Waals surface area contributed by atoms with Crippen LogP contribution in [0, 0.1) is 0 Å². The van der Waals surface area contributed by atoms with Crippen molar-refractivity contribution in [2.45, 2.75) is 37.8 Å². The van der Waals surface area contributed by atoms with Crippen molar-refractivity contribution in [3.63, 3.8) is 0 Å². The number of halogens is 3. The number of hydrogen-bond donors (Lipinski definition) is 2. The number of nitrogens with zero attached hydrogens (tertiary/aromatic N) is 1. The predicted octanol–water partition coefficient (Wildman–Crippen LogP) is 5.38. The van der Waals surface area contributed by atoms with Crippen LogP contribution in [0.4, 0.5) is 18.9 Å². The molecule has 5 rings (SSSR count). The third kappa shape index (κ3) is 5.46. The van der Waals surface area contributed by atoms with E-state index in [2.05, 4.69) is 10.6 Å². The normalized spacial score (nSPS) is 19.1. The topological polar surface area (TPSA) is 70.7 Å². The summed E-state index contributed by atoms with van der Waals surface area (Å²) in [4.78, 5) is 27.5. The molecule has 192 valence electrons. The van der Waals surface area contributed by atoms with Gasteiger partial charge in [-0.15, -0.1) is 0 Å². The average molecular weight is 510 g/mol. The lowest BCUT2D eigenvalue weighted by Crippen LogP contribution is -2.38. The van der Waals surface area contributed by atoms with Gasteiger partial charge in [0.05, 0.1) is 11.7 Å². The zero-order valence-corrected chi connectivity index (χ0v) is 19.9. The number of anilines is 1. The van der Waals surface area contributed by atoms with Crippen molar-refractivity contribution < 1.29 is 27.5 Å². The van der Waals surface area contributed by atoms with Gasteiger partial charge in [-0.25, -0.2) is 0 Å². The van der Waals surface area contributed by atoms with Crippen LogP contribution in [-0.4, -0.2) is 36.0 Å². The van der Waals surface area contributed by atoms with E-state index in [0.29, 0.717) is 29.8 Å². The van der Waals surface area contributed by atoms with Crippen LogP contribution in [0.3, 0.4) is 0 Å². The molecule has 9 heteroatoms. The van der Waals surface area contributed by atoms with E-state index in [9.17, 15) is 22.8 Å². The largest absolute Gasteiger partial charge is 0.416 e. The van der Waals surface area contributed by atoms with Crippen molar-refractivity contribution in [1.29, 1.82) is 0 Å². The molecule has 0 saturated carbocycles. The van der Waals surface area contributed by atoms with Crippen LogP contribution in [0.2, 0.25) is 0 Å². The molecular weight excluding hydrogens is 483 g/mol. The Morgan fingerprint density at radius 1 is 1.03 bits per heavy atom. The molecule has 0 bridgehead atoms. The Morgan fingerprint density at radius 2 is 1.81 bits per heavy atom. The van der Waals surface area contributed by atoms with E-state index >= 15 is 0 Å². The van der Waals surface area contributed by atoms with E-state index in [4.69, 9.17) is 4.74 Å². The van der Waals surface area contributed by atoms with Crippen LogP contribution < -0.4 is 10.6 Å². The minimum Gasteiger partial charge on any atom is -0.376 e. The van der Waals surface area contributed by atoms with E-state index in [-0.39, 0.29) is 24.7 Å². The molecule has 0 aromatic heterocycles. The van der Waals surface area contributed by atoms with Crippen LogP contribution in [-0.2, 0) is 17.5 Å². The smallest absolute Gasteiger partial charge is 0.376 e. The van der Waals surface area contributed by atoms with Crippen LogP contribution in [0.25, 0.3) is 0 Å². The van der Waals surface area contributed by atoms with Gasteiger partial charge in [0, 0.05) is 42.1 Å². The van der Waals surface area contributed by atoms with Gasteiger partial charge < -0.3 is 20.3 Å². The SMILES string of the molecule is O=C(NCc1cccc(C(F)(F)F)c1)c1ccc(NC2c3ccccc3C(=O)N2CC2CCCO2)cc1. The molecule has 2 unspecified atom stereocenters. The molecule has 2 aliphatic heterocycles. The Balaban J connectivity index is 1.25. The number of fused-ring (bicyclic) bond motifs is 1. The van der Waals surface area contributed by atoms with E-state index in [1.807, 2.05) is 24.3 Å². The molecule has 2 atom stereocenters. The lowest BCUT2D eigenvalue weighted by atomic mass is 10.1. The minimum atomic E-state index is -4.44. The number of nitrogens with one attached hydrogen (secondary N) is 2. The standard InChI is InChI=1S/C28H26F3N3O3/c29-28(30,31)20-6-3-5-18(15-20)16-32-26(35)19-10-12-21(13-11-19)33-25-23-8-1-2-9-24(23)27(36)34(25)17-22-7-4-14-37-22/h1-3,5-6,8-13,15,22,25,33H,4,7,14,16-17H2,(H,32,35). The van der Waals surface area contributed by atoms with Crippen LogP contribution >= 0.6 is 0 Å². The molecule has 3 aromatic rings. The number of carbonyl (C=O) groups is 2. The maximum Gasteiger partial charge on any atom is 0.416 e. The molecule has 2 heterocycles. The molecule has 2 N–H and O–H groups in total. The fraction of sp³-hybridized carbons (Fsp3) is 0.286. The van der Waals surface area contributed by atoms with Gasteiger partial charge in [-0.05, 0) is 60.9 Å². The maximum absolute atomic E-state index is 13.1. The van der Waals surface area contributed by atoms with Gasteiger partial charge in [0.15, 0.2) is 0 Å². The lowest BCUT2D eigenvalue weighted by molar-refractivity contribution is -0.137. The Bertz CT molecular complexity index is 1290. The summed E-state index contributed by atoms with van der Waals surface area (Å²) >= 11 is 0. The zero-order chi connectivity index (χ0) is 26.0. The molecule has 0 spiro atoms. The van der Waals surface area contributed by atoms with Gasteiger partial charge in [-0.2, -0.15) is 13.2 Å². The van der Waals surface area contributed by atoms with Gasteiger partial charge in [-0.1, -0.05) is 30.3 Å². The van der Waals surface area contributed by atoms with Gasteiger partial charge in [0.2, 0.25) is 0 Å². The van der Waals surface area contributed by atoms with Crippen molar-refractivity contribution in [1.82, 2.24) is 10.2 Å². The molecule has 1 saturated heterocycles.